The predicted molar refractivity (Wildman–Crippen MR) is 97.5 cm³/mol. The summed E-state index contributed by atoms with van der Waals surface area (Å²) >= 11 is 8.57. The second kappa shape index (κ2) is 7.48. The number of carbonyl (C=O) groups excluding carboxylic acids is 1. The van der Waals surface area contributed by atoms with Gasteiger partial charge in [-0.05, 0) is 30.3 Å². The van der Waals surface area contributed by atoms with Crippen LogP contribution in [0, 0.1) is 0 Å². The van der Waals surface area contributed by atoms with Crippen molar-refractivity contribution in [1.82, 2.24) is 4.57 Å². The fourth-order valence-electron chi connectivity index (χ4n) is 2.24. The summed E-state index contributed by atoms with van der Waals surface area (Å²) in [5, 5.41) is 0. The van der Waals surface area contributed by atoms with Crippen molar-refractivity contribution in [2.75, 3.05) is 20.8 Å². The number of fused-ring (bicyclic) bond motifs is 1. The van der Waals surface area contributed by atoms with Crippen LogP contribution in [0.25, 0.3) is 10.2 Å². The van der Waals surface area contributed by atoms with Gasteiger partial charge in [-0.3, -0.25) is 4.79 Å². The standard InChI is InChI=1S/C16H15ClN2O3S2/c1-21-8-7-19-11-4-3-10(22-2)9-13(11)24-16(19)18-15(20)12-5-6-14(17)23-12/h3-6,9H,7-8H2,1-2H3. The highest BCUT2D eigenvalue weighted by atomic mass is 35.5. The average molecular weight is 383 g/mol. The smallest absolute Gasteiger partial charge is 0.289 e. The van der Waals surface area contributed by atoms with Crippen molar-refractivity contribution < 1.29 is 14.3 Å². The van der Waals surface area contributed by atoms with E-state index in [0.717, 1.165) is 16.0 Å². The van der Waals surface area contributed by atoms with Crippen LogP contribution in [0.4, 0.5) is 0 Å². The third-order valence-electron chi connectivity index (χ3n) is 3.39. The fraction of sp³-hybridized carbons (Fsp3) is 0.250. The molecule has 2 heterocycles. The summed E-state index contributed by atoms with van der Waals surface area (Å²) in [5.41, 5.74) is 0.994. The summed E-state index contributed by atoms with van der Waals surface area (Å²) < 4.78 is 14.0. The molecule has 0 aliphatic heterocycles. The van der Waals surface area contributed by atoms with Crippen molar-refractivity contribution >= 4 is 50.4 Å². The van der Waals surface area contributed by atoms with Gasteiger partial charge in [0.1, 0.15) is 5.75 Å². The van der Waals surface area contributed by atoms with E-state index in [1.54, 1.807) is 26.4 Å². The molecule has 8 heteroatoms. The number of benzene rings is 1. The molecule has 0 atom stereocenters. The molecule has 126 valence electrons. The van der Waals surface area contributed by atoms with Crippen molar-refractivity contribution in [3.05, 3.63) is 44.3 Å². The zero-order valence-corrected chi connectivity index (χ0v) is 15.5. The maximum Gasteiger partial charge on any atom is 0.289 e. The van der Waals surface area contributed by atoms with Gasteiger partial charge in [-0.25, -0.2) is 0 Å². The van der Waals surface area contributed by atoms with Gasteiger partial charge in [-0.2, -0.15) is 4.99 Å². The number of nitrogens with zero attached hydrogens (tertiary/aromatic N) is 2. The summed E-state index contributed by atoms with van der Waals surface area (Å²) in [6, 6.07) is 9.18. The Kier molecular flexibility index (Phi) is 5.35. The van der Waals surface area contributed by atoms with Gasteiger partial charge in [-0.15, -0.1) is 11.3 Å². The number of ether oxygens (including phenoxy) is 2. The molecule has 0 aliphatic carbocycles. The van der Waals surface area contributed by atoms with Crippen molar-refractivity contribution in [2.24, 2.45) is 4.99 Å². The molecule has 0 radical (unpaired) electrons. The normalized spacial score (nSPS) is 12.0. The Hall–Kier alpha value is -1.67. The number of thiazole rings is 1. The van der Waals surface area contributed by atoms with Gasteiger partial charge >= 0.3 is 0 Å². The zero-order chi connectivity index (χ0) is 17.1. The summed E-state index contributed by atoms with van der Waals surface area (Å²) in [7, 11) is 3.27. The van der Waals surface area contributed by atoms with E-state index in [4.69, 9.17) is 21.1 Å². The van der Waals surface area contributed by atoms with Crippen LogP contribution in [0.15, 0.2) is 35.3 Å². The molecule has 0 bridgehead atoms. The molecular weight excluding hydrogens is 368 g/mol. The monoisotopic (exact) mass is 382 g/mol. The van der Waals surface area contributed by atoms with E-state index in [-0.39, 0.29) is 5.91 Å². The lowest BCUT2D eigenvalue weighted by Gasteiger charge is -2.04. The van der Waals surface area contributed by atoms with Crippen molar-refractivity contribution in [3.63, 3.8) is 0 Å². The molecule has 3 aromatic rings. The minimum atomic E-state index is -0.295. The molecular formula is C16H15ClN2O3S2. The maximum atomic E-state index is 12.4. The highest BCUT2D eigenvalue weighted by Crippen LogP contribution is 2.24. The van der Waals surface area contributed by atoms with Gasteiger partial charge in [0.2, 0.25) is 0 Å². The second-order valence-corrected chi connectivity index (χ2v) is 7.61. The molecule has 0 spiro atoms. The molecule has 2 aromatic heterocycles. The van der Waals surface area contributed by atoms with Gasteiger partial charge < -0.3 is 14.0 Å². The first kappa shape index (κ1) is 17.2. The number of hydrogen-bond donors (Lipinski definition) is 0. The van der Waals surface area contributed by atoms with Crippen LogP contribution < -0.4 is 9.54 Å². The highest BCUT2D eigenvalue weighted by Gasteiger charge is 2.11. The number of methoxy groups -OCH3 is 2. The molecule has 0 unspecified atom stereocenters. The first-order valence-corrected chi connectivity index (χ1v) is 9.14. The van der Waals surface area contributed by atoms with Crippen LogP contribution >= 0.6 is 34.3 Å². The summed E-state index contributed by atoms with van der Waals surface area (Å²) in [6.07, 6.45) is 0. The third kappa shape index (κ3) is 3.54. The Morgan fingerprint density at radius 2 is 2.08 bits per heavy atom. The predicted octanol–water partition coefficient (Wildman–Crippen LogP) is 3.81. The fourth-order valence-corrected chi connectivity index (χ4v) is 4.25. The van der Waals surface area contributed by atoms with Crippen molar-refractivity contribution in [1.29, 1.82) is 0 Å². The molecule has 5 nitrogen and oxygen atoms in total. The lowest BCUT2D eigenvalue weighted by molar-refractivity contribution is 0.100. The van der Waals surface area contributed by atoms with E-state index in [1.165, 1.54) is 22.7 Å². The minimum absolute atomic E-state index is 0.295. The Bertz CT molecular complexity index is 942. The highest BCUT2D eigenvalue weighted by molar-refractivity contribution is 7.18. The van der Waals surface area contributed by atoms with E-state index in [0.29, 0.717) is 27.2 Å². The quantitative estimate of drug-likeness (QED) is 0.674. The van der Waals surface area contributed by atoms with E-state index in [2.05, 4.69) is 4.99 Å². The van der Waals surface area contributed by atoms with Crippen LogP contribution in [-0.4, -0.2) is 31.3 Å². The lowest BCUT2D eigenvalue weighted by atomic mass is 10.3. The molecule has 1 aromatic carbocycles. The van der Waals surface area contributed by atoms with E-state index in [9.17, 15) is 4.79 Å². The molecule has 24 heavy (non-hydrogen) atoms. The lowest BCUT2D eigenvalue weighted by Crippen LogP contribution is -2.19. The van der Waals surface area contributed by atoms with E-state index in [1.807, 2.05) is 22.8 Å². The van der Waals surface area contributed by atoms with Gasteiger partial charge in [0.15, 0.2) is 4.80 Å². The SMILES string of the molecule is COCCn1c(=NC(=O)c2ccc(Cl)s2)sc2cc(OC)ccc21. The molecule has 0 saturated carbocycles. The number of carbonyl (C=O) groups is 1. The Balaban J connectivity index is 2.10. The number of hydrogen-bond acceptors (Lipinski definition) is 5. The van der Waals surface area contributed by atoms with Crippen LogP contribution in [0.2, 0.25) is 4.34 Å². The van der Waals surface area contributed by atoms with E-state index < -0.39 is 0 Å². The largest absolute Gasteiger partial charge is 0.497 e. The maximum absolute atomic E-state index is 12.4. The molecule has 0 aliphatic rings. The number of amides is 1. The minimum Gasteiger partial charge on any atom is -0.497 e. The molecule has 3 rings (SSSR count). The summed E-state index contributed by atoms with van der Waals surface area (Å²) in [5.74, 6) is 0.474. The molecule has 1 amide bonds. The molecule has 0 fully saturated rings. The summed E-state index contributed by atoms with van der Waals surface area (Å²) in [4.78, 5) is 17.8. The average Bonchev–Trinajstić information content (AvgIpc) is 3.15. The Labute approximate surface area is 151 Å². The van der Waals surface area contributed by atoms with Gasteiger partial charge in [0.25, 0.3) is 5.91 Å². The van der Waals surface area contributed by atoms with Gasteiger partial charge in [0.05, 0.1) is 33.1 Å². The third-order valence-corrected chi connectivity index (χ3v) is 5.65. The van der Waals surface area contributed by atoms with Gasteiger partial charge in [-0.1, -0.05) is 22.9 Å². The van der Waals surface area contributed by atoms with Crippen LogP contribution in [0.5, 0.6) is 5.75 Å². The second-order valence-electron chi connectivity index (χ2n) is 4.88. The van der Waals surface area contributed by atoms with Crippen molar-refractivity contribution in [3.8, 4) is 5.75 Å². The number of thiophene rings is 1. The van der Waals surface area contributed by atoms with Crippen LogP contribution in [-0.2, 0) is 11.3 Å². The topological polar surface area (TPSA) is 52.8 Å². The number of aromatic nitrogens is 1. The summed E-state index contributed by atoms with van der Waals surface area (Å²) in [6.45, 7) is 1.14. The van der Waals surface area contributed by atoms with E-state index >= 15 is 0 Å². The van der Waals surface area contributed by atoms with Crippen LogP contribution in [0.3, 0.4) is 0 Å². The van der Waals surface area contributed by atoms with Crippen LogP contribution in [0.1, 0.15) is 9.67 Å². The molecule has 0 N–H and O–H groups in total. The zero-order valence-electron chi connectivity index (χ0n) is 13.1. The first-order valence-electron chi connectivity index (χ1n) is 7.13. The Morgan fingerprint density at radius 3 is 2.75 bits per heavy atom. The number of rotatable bonds is 5. The number of halogens is 1. The first-order chi connectivity index (χ1) is 11.6. The molecule has 0 saturated heterocycles. The Morgan fingerprint density at radius 1 is 1.25 bits per heavy atom. The van der Waals surface area contributed by atoms with Crippen molar-refractivity contribution in [2.45, 2.75) is 6.54 Å². The van der Waals surface area contributed by atoms with Gasteiger partial charge in [0, 0.05) is 13.7 Å².